The molecule has 5 heteroatoms. The first-order valence-corrected chi connectivity index (χ1v) is 5.23. The van der Waals surface area contributed by atoms with Gasteiger partial charge >= 0.3 is 0 Å². The number of rotatable bonds is 8. The van der Waals surface area contributed by atoms with Gasteiger partial charge in [-0.15, -0.1) is 0 Å². The molecule has 0 aromatic carbocycles. The lowest BCUT2D eigenvalue weighted by Crippen LogP contribution is -2.40. The zero-order chi connectivity index (χ0) is 11.7. The smallest absolute Gasteiger partial charge is 0.236 e. The maximum absolute atomic E-state index is 11.5. The number of aliphatic hydroxyl groups is 1. The molecule has 0 spiro atoms. The number of nitrogens with one attached hydrogen (secondary N) is 1. The van der Waals surface area contributed by atoms with Crippen molar-refractivity contribution in [2.24, 2.45) is 0 Å². The molecule has 90 valence electrons. The summed E-state index contributed by atoms with van der Waals surface area (Å²) in [5.74, 6) is -0.0152. The fourth-order valence-electron chi connectivity index (χ4n) is 1.17. The van der Waals surface area contributed by atoms with Gasteiger partial charge in [0, 0.05) is 20.7 Å². The molecule has 0 aliphatic carbocycles. The average molecular weight is 218 g/mol. The van der Waals surface area contributed by atoms with Crippen LogP contribution in [0.25, 0.3) is 0 Å². The number of carbonyl (C=O) groups is 1. The predicted octanol–water partition coefficient (Wildman–Crippen LogP) is -0.548. The molecule has 0 fully saturated rings. The van der Waals surface area contributed by atoms with Crippen LogP contribution in [0.4, 0.5) is 0 Å². The monoisotopic (exact) mass is 218 g/mol. The van der Waals surface area contributed by atoms with Gasteiger partial charge < -0.3 is 20.1 Å². The van der Waals surface area contributed by atoms with Gasteiger partial charge in [0.1, 0.15) is 0 Å². The molecule has 0 aliphatic heterocycles. The third kappa shape index (κ3) is 7.30. The van der Waals surface area contributed by atoms with Crippen molar-refractivity contribution in [3.8, 4) is 0 Å². The molecule has 5 nitrogen and oxygen atoms in total. The summed E-state index contributed by atoms with van der Waals surface area (Å²) in [7, 11) is 3.20. The molecule has 0 bridgehead atoms. The second kappa shape index (κ2) is 8.64. The van der Waals surface area contributed by atoms with Gasteiger partial charge in [-0.05, 0) is 13.0 Å². The summed E-state index contributed by atoms with van der Waals surface area (Å²) in [5, 5.41) is 12.4. The first kappa shape index (κ1) is 14.3. The minimum atomic E-state index is -0.616. The van der Waals surface area contributed by atoms with E-state index in [1.54, 1.807) is 7.05 Å². The van der Waals surface area contributed by atoms with Crippen molar-refractivity contribution < 1.29 is 14.6 Å². The molecule has 0 aromatic heterocycles. The van der Waals surface area contributed by atoms with Gasteiger partial charge in [0.2, 0.25) is 5.91 Å². The number of hydrogen-bond donors (Lipinski definition) is 2. The highest BCUT2D eigenvalue weighted by atomic mass is 16.5. The SMILES string of the molecule is CCCNCC(=O)N(C)CC(O)COC. The van der Waals surface area contributed by atoms with Gasteiger partial charge in [0.05, 0.1) is 19.3 Å². The van der Waals surface area contributed by atoms with Crippen LogP contribution in [0.1, 0.15) is 13.3 Å². The summed E-state index contributed by atoms with van der Waals surface area (Å²) in [4.78, 5) is 13.0. The van der Waals surface area contributed by atoms with Crippen molar-refractivity contribution in [2.75, 3.05) is 40.4 Å². The molecule has 0 aromatic rings. The lowest BCUT2D eigenvalue weighted by Gasteiger charge is -2.20. The Morgan fingerprint density at radius 2 is 2.27 bits per heavy atom. The molecule has 0 aliphatic rings. The van der Waals surface area contributed by atoms with E-state index in [1.807, 2.05) is 6.92 Å². The zero-order valence-electron chi connectivity index (χ0n) is 9.82. The van der Waals surface area contributed by atoms with Crippen LogP contribution in [0, 0.1) is 0 Å². The number of likely N-dealkylation sites (N-methyl/N-ethyl adjacent to an activating group) is 1. The van der Waals surface area contributed by atoms with Gasteiger partial charge in [-0.25, -0.2) is 0 Å². The Kier molecular flexibility index (Phi) is 8.27. The molecule has 2 N–H and O–H groups in total. The van der Waals surface area contributed by atoms with Crippen LogP contribution in [0.15, 0.2) is 0 Å². The van der Waals surface area contributed by atoms with E-state index in [4.69, 9.17) is 4.74 Å². The Morgan fingerprint density at radius 3 is 2.80 bits per heavy atom. The van der Waals surface area contributed by atoms with Crippen LogP contribution < -0.4 is 5.32 Å². The van der Waals surface area contributed by atoms with Crippen LogP contribution in [-0.2, 0) is 9.53 Å². The molecule has 1 unspecified atom stereocenters. The van der Waals surface area contributed by atoms with Crippen molar-refractivity contribution >= 4 is 5.91 Å². The topological polar surface area (TPSA) is 61.8 Å². The minimum absolute atomic E-state index is 0.0152. The number of aliphatic hydroxyl groups excluding tert-OH is 1. The fourth-order valence-corrected chi connectivity index (χ4v) is 1.17. The second-order valence-corrected chi connectivity index (χ2v) is 3.56. The van der Waals surface area contributed by atoms with Crippen LogP contribution in [0.2, 0.25) is 0 Å². The average Bonchev–Trinajstić information content (AvgIpc) is 2.18. The molecule has 0 saturated carbocycles. The number of nitrogens with zero attached hydrogens (tertiary/aromatic N) is 1. The first-order valence-electron chi connectivity index (χ1n) is 5.23. The summed E-state index contributed by atoms with van der Waals surface area (Å²) in [6.45, 7) is 3.76. The molecule has 1 amide bonds. The van der Waals surface area contributed by atoms with E-state index in [9.17, 15) is 9.90 Å². The second-order valence-electron chi connectivity index (χ2n) is 3.56. The van der Waals surface area contributed by atoms with Crippen LogP contribution in [-0.4, -0.2) is 62.4 Å². The van der Waals surface area contributed by atoms with E-state index in [1.165, 1.54) is 12.0 Å². The molecule has 0 rings (SSSR count). The largest absolute Gasteiger partial charge is 0.389 e. The predicted molar refractivity (Wildman–Crippen MR) is 58.7 cm³/mol. The minimum Gasteiger partial charge on any atom is -0.389 e. The molecule has 0 heterocycles. The fraction of sp³-hybridized carbons (Fsp3) is 0.900. The van der Waals surface area contributed by atoms with Crippen molar-refractivity contribution in [1.82, 2.24) is 10.2 Å². The molecule has 15 heavy (non-hydrogen) atoms. The lowest BCUT2D eigenvalue weighted by atomic mass is 10.3. The maximum atomic E-state index is 11.5. The van der Waals surface area contributed by atoms with Crippen molar-refractivity contribution in [2.45, 2.75) is 19.4 Å². The Bertz CT molecular complexity index is 176. The standard InChI is InChI=1S/C10H22N2O3/c1-4-5-11-6-10(14)12(2)7-9(13)8-15-3/h9,11,13H,4-8H2,1-3H3. The normalized spacial score (nSPS) is 12.5. The van der Waals surface area contributed by atoms with Crippen LogP contribution in [0.5, 0.6) is 0 Å². The van der Waals surface area contributed by atoms with Gasteiger partial charge in [0.15, 0.2) is 0 Å². The van der Waals surface area contributed by atoms with Gasteiger partial charge in [0.25, 0.3) is 0 Å². The Balaban J connectivity index is 3.68. The highest BCUT2D eigenvalue weighted by Crippen LogP contribution is 1.90. The van der Waals surface area contributed by atoms with Gasteiger partial charge in [-0.3, -0.25) is 4.79 Å². The number of amides is 1. The number of ether oxygens (including phenoxy) is 1. The Hall–Kier alpha value is -0.650. The van der Waals surface area contributed by atoms with Crippen molar-refractivity contribution in [3.63, 3.8) is 0 Å². The van der Waals surface area contributed by atoms with E-state index >= 15 is 0 Å². The van der Waals surface area contributed by atoms with Crippen molar-refractivity contribution in [3.05, 3.63) is 0 Å². The molecular weight excluding hydrogens is 196 g/mol. The van der Waals surface area contributed by atoms with Gasteiger partial charge in [-0.2, -0.15) is 0 Å². The summed E-state index contributed by atoms with van der Waals surface area (Å²) < 4.78 is 4.78. The third-order valence-electron chi connectivity index (χ3n) is 1.97. The molecular formula is C10H22N2O3. The summed E-state index contributed by atoms with van der Waals surface area (Å²) in [6.07, 6.45) is 0.388. The van der Waals surface area contributed by atoms with E-state index in [-0.39, 0.29) is 12.5 Å². The van der Waals surface area contributed by atoms with Crippen LogP contribution in [0.3, 0.4) is 0 Å². The lowest BCUT2D eigenvalue weighted by molar-refractivity contribution is -0.130. The van der Waals surface area contributed by atoms with E-state index in [2.05, 4.69) is 5.32 Å². The van der Waals surface area contributed by atoms with Crippen LogP contribution >= 0.6 is 0 Å². The highest BCUT2D eigenvalue weighted by molar-refractivity contribution is 5.77. The molecule has 0 saturated heterocycles. The Morgan fingerprint density at radius 1 is 1.60 bits per heavy atom. The quantitative estimate of drug-likeness (QED) is 0.537. The molecule has 0 radical (unpaired) electrons. The van der Waals surface area contributed by atoms with E-state index in [0.717, 1.165) is 13.0 Å². The number of methoxy groups -OCH3 is 1. The highest BCUT2D eigenvalue weighted by Gasteiger charge is 2.12. The maximum Gasteiger partial charge on any atom is 0.236 e. The van der Waals surface area contributed by atoms with Crippen molar-refractivity contribution in [1.29, 1.82) is 0 Å². The Labute approximate surface area is 91.4 Å². The summed E-state index contributed by atoms with van der Waals surface area (Å²) in [6, 6.07) is 0. The summed E-state index contributed by atoms with van der Waals surface area (Å²) >= 11 is 0. The third-order valence-corrected chi connectivity index (χ3v) is 1.97. The number of hydrogen-bond acceptors (Lipinski definition) is 4. The van der Waals surface area contributed by atoms with E-state index in [0.29, 0.717) is 13.1 Å². The first-order chi connectivity index (χ1) is 7.11. The van der Waals surface area contributed by atoms with E-state index < -0.39 is 6.10 Å². The summed E-state index contributed by atoms with van der Waals surface area (Å²) in [5.41, 5.74) is 0. The van der Waals surface area contributed by atoms with Gasteiger partial charge in [-0.1, -0.05) is 6.92 Å². The number of carbonyl (C=O) groups excluding carboxylic acids is 1. The molecule has 1 atom stereocenters. The zero-order valence-corrected chi connectivity index (χ0v) is 9.82.